The van der Waals surface area contributed by atoms with Gasteiger partial charge in [-0.1, -0.05) is 30.3 Å². The van der Waals surface area contributed by atoms with Crippen LogP contribution in [0, 0.1) is 0 Å². The summed E-state index contributed by atoms with van der Waals surface area (Å²) in [6.07, 6.45) is -2.83. The van der Waals surface area contributed by atoms with E-state index in [0.29, 0.717) is 28.4 Å². The van der Waals surface area contributed by atoms with Gasteiger partial charge in [0.25, 0.3) is 5.91 Å². The van der Waals surface area contributed by atoms with E-state index >= 15 is 0 Å². The van der Waals surface area contributed by atoms with Crippen LogP contribution in [0.5, 0.6) is 5.75 Å². The quantitative estimate of drug-likeness (QED) is 0.528. The molecule has 0 unspecified atom stereocenters. The van der Waals surface area contributed by atoms with Crippen molar-refractivity contribution in [2.75, 3.05) is 6.54 Å². The van der Waals surface area contributed by atoms with Crippen LogP contribution in [0.15, 0.2) is 66.6 Å². The van der Waals surface area contributed by atoms with E-state index < -0.39 is 11.7 Å². The monoisotopic (exact) mass is 418 g/mol. The van der Waals surface area contributed by atoms with Crippen LogP contribution in [0.2, 0.25) is 0 Å². The number of carbonyl (C=O) groups excluding carboxylic acids is 1. The number of benzene rings is 2. The average molecular weight is 418 g/mol. The molecule has 4 nitrogen and oxygen atoms in total. The maximum Gasteiger partial charge on any atom is 0.416 e. The Morgan fingerprint density at radius 3 is 2.76 bits per heavy atom. The molecule has 1 N–H and O–H groups in total. The number of nitrogens with one attached hydrogen (secondary N) is 1. The van der Waals surface area contributed by atoms with E-state index in [4.69, 9.17) is 4.74 Å². The van der Waals surface area contributed by atoms with Crippen LogP contribution >= 0.6 is 11.3 Å². The normalized spacial score (nSPS) is 11.1. The lowest BCUT2D eigenvalue weighted by Gasteiger charge is -2.12. The molecule has 0 atom stereocenters. The number of nitrogens with zero attached hydrogens (tertiary/aromatic N) is 1. The van der Waals surface area contributed by atoms with Gasteiger partial charge in [-0.3, -0.25) is 4.79 Å². The van der Waals surface area contributed by atoms with Crippen LogP contribution in [0.4, 0.5) is 13.2 Å². The van der Waals surface area contributed by atoms with Crippen molar-refractivity contribution in [1.29, 1.82) is 0 Å². The molecular weight excluding hydrogens is 401 g/mol. The van der Waals surface area contributed by atoms with Crippen LogP contribution in [-0.2, 0) is 12.8 Å². The highest BCUT2D eigenvalue weighted by Gasteiger charge is 2.30. The highest BCUT2D eigenvalue weighted by Crippen LogP contribution is 2.33. The predicted molar refractivity (Wildman–Crippen MR) is 106 cm³/mol. The summed E-state index contributed by atoms with van der Waals surface area (Å²) in [6, 6.07) is 12.1. The SMILES string of the molecule is C=CCNC(=O)c1csc(-c2ccccc2OCc2cccc(C(F)(F)F)c2)n1. The number of halogens is 3. The van der Waals surface area contributed by atoms with Gasteiger partial charge in [-0.05, 0) is 29.8 Å². The van der Waals surface area contributed by atoms with Gasteiger partial charge in [0.15, 0.2) is 0 Å². The summed E-state index contributed by atoms with van der Waals surface area (Å²) in [4.78, 5) is 16.4. The Labute approximate surface area is 169 Å². The van der Waals surface area contributed by atoms with Gasteiger partial charge in [0.05, 0.1) is 11.1 Å². The minimum absolute atomic E-state index is 0.0288. The van der Waals surface area contributed by atoms with Crippen molar-refractivity contribution in [3.63, 3.8) is 0 Å². The number of hydrogen-bond donors (Lipinski definition) is 1. The van der Waals surface area contributed by atoms with Crippen molar-refractivity contribution in [2.45, 2.75) is 12.8 Å². The minimum atomic E-state index is -4.41. The zero-order valence-corrected chi connectivity index (χ0v) is 16.0. The molecule has 150 valence electrons. The second-order valence-corrected chi connectivity index (χ2v) is 6.88. The van der Waals surface area contributed by atoms with Crippen molar-refractivity contribution < 1.29 is 22.7 Å². The Kier molecular flexibility index (Phi) is 6.33. The number of ether oxygens (including phenoxy) is 1. The highest BCUT2D eigenvalue weighted by atomic mass is 32.1. The Morgan fingerprint density at radius 2 is 2.00 bits per heavy atom. The molecule has 2 aromatic carbocycles. The third-order valence-corrected chi connectivity index (χ3v) is 4.79. The Bertz CT molecular complexity index is 1010. The van der Waals surface area contributed by atoms with Gasteiger partial charge < -0.3 is 10.1 Å². The lowest BCUT2D eigenvalue weighted by atomic mass is 10.1. The molecule has 1 amide bonds. The number of carbonyl (C=O) groups is 1. The third-order valence-electron chi connectivity index (χ3n) is 3.91. The van der Waals surface area contributed by atoms with Crippen LogP contribution in [0.1, 0.15) is 21.6 Å². The fourth-order valence-corrected chi connectivity index (χ4v) is 3.35. The summed E-state index contributed by atoms with van der Waals surface area (Å²) in [5.41, 5.74) is 0.618. The van der Waals surface area contributed by atoms with Gasteiger partial charge in [-0.2, -0.15) is 13.2 Å². The van der Waals surface area contributed by atoms with E-state index in [2.05, 4.69) is 16.9 Å². The molecule has 3 rings (SSSR count). The van der Waals surface area contributed by atoms with E-state index in [1.54, 1.807) is 41.8 Å². The molecule has 8 heteroatoms. The van der Waals surface area contributed by atoms with E-state index in [1.807, 2.05) is 0 Å². The van der Waals surface area contributed by atoms with Gasteiger partial charge in [-0.15, -0.1) is 17.9 Å². The number of amides is 1. The Balaban J connectivity index is 1.77. The Morgan fingerprint density at radius 1 is 1.21 bits per heavy atom. The second-order valence-electron chi connectivity index (χ2n) is 6.02. The number of hydrogen-bond acceptors (Lipinski definition) is 4. The van der Waals surface area contributed by atoms with Crippen LogP contribution < -0.4 is 10.1 Å². The lowest BCUT2D eigenvalue weighted by Crippen LogP contribution is -2.23. The lowest BCUT2D eigenvalue weighted by molar-refractivity contribution is -0.137. The number of thiazole rings is 1. The first-order chi connectivity index (χ1) is 13.9. The smallest absolute Gasteiger partial charge is 0.416 e. The summed E-state index contributed by atoms with van der Waals surface area (Å²) in [5.74, 6) is 0.159. The summed E-state index contributed by atoms with van der Waals surface area (Å²) in [6.45, 7) is 3.85. The van der Waals surface area contributed by atoms with Crippen molar-refractivity contribution in [3.8, 4) is 16.3 Å². The number of rotatable bonds is 7. The van der Waals surface area contributed by atoms with Gasteiger partial charge in [-0.25, -0.2) is 4.98 Å². The molecule has 1 aromatic heterocycles. The first-order valence-corrected chi connectivity index (χ1v) is 9.49. The van der Waals surface area contributed by atoms with E-state index in [9.17, 15) is 18.0 Å². The Hall–Kier alpha value is -3.13. The number of aromatic nitrogens is 1. The summed E-state index contributed by atoms with van der Waals surface area (Å²) < 4.78 is 44.4. The summed E-state index contributed by atoms with van der Waals surface area (Å²) >= 11 is 1.28. The number of alkyl halides is 3. The van der Waals surface area contributed by atoms with Crippen LogP contribution in [-0.4, -0.2) is 17.4 Å². The fourth-order valence-electron chi connectivity index (χ4n) is 2.52. The van der Waals surface area contributed by atoms with Gasteiger partial charge in [0, 0.05) is 11.9 Å². The van der Waals surface area contributed by atoms with Gasteiger partial charge in [0.1, 0.15) is 23.1 Å². The maximum atomic E-state index is 12.9. The molecule has 0 bridgehead atoms. The molecule has 1 heterocycles. The molecular formula is C21H17F3N2O2S. The summed E-state index contributed by atoms with van der Waals surface area (Å²) in [5, 5.41) is 4.87. The molecule has 0 aliphatic rings. The molecule has 0 aliphatic heterocycles. The fraction of sp³-hybridized carbons (Fsp3) is 0.143. The second kappa shape index (κ2) is 8.91. The zero-order chi connectivity index (χ0) is 20.9. The molecule has 0 saturated carbocycles. The summed E-state index contributed by atoms with van der Waals surface area (Å²) in [7, 11) is 0. The molecule has 0 fully saturated rings. The van der Waals surface area contributed by atoms with E-state index in [0.717, 1.165) is 12.1 Å². The van der Waals surface area contributed by atoms with Gasteiger partial charge >= 0.3 is 6.18 Å². The highest BCUT2D eigenvalue weighted by molar-refractivity contribution is 7.13. The first-order valence-electron chi connectivity index (χ1n) is 8.61. The van der Waals surface area contributed by atoms with Crippen LogP contribution in [0.25, 0.3) is 10.6 Å². The van der Waals surface area contributed by atoms with Crippen molar-refractivity contribution in [1.82, 2.24) is 10.3 Å². The standard InChI is InChI=1S/C21H17F3N2O2S/c1-2-10-25-19(27)17-13-29-20(26-17)16-8-3-4-9-18(16)28-12-14-6-5-7-15(11-14)21(22,23)24/h2-9,11,13H,1,10,12H2,(H,25,27). The zero-order valence-electron chi connectivity index (χ0n) is 15.2. The van der Waals surface area contributed by atoms with Crippen molar-refractivity contribution in [3.05, 3.63) is 83.4 Å². The van der Waals surface area contributed by atoms with E-state index in [1.165, 1.54) is 17.4 Å². The predicted octanol–water partition coefficient (Wildman–Crippen LogP) is 5.32. The molecule has 0 radical (unpaired) electrons. The molecule has 3 aromatic rings. The molecule has 0 aliphatic carbocycles. The molecule has 29 heavy (non-hydrogen) atoms. The molecule has 0 saturated heterocycles. The van der Waals surface area contributed by atoms with E-state index in [-0.39, 0.29) is 18.2 Å². The van der Waals surface area contributed by atoms with Gasteiger partial charge in [0.2, 0.25) is 0 Å². The average Bonchev–Trinajstić information content (AvgIpc) is 3.20. The first kappa shape index (κ1) is 20.6. The topological polar surface area (TPSA) is 51.2 Å². The third kappa shape index (κ3) is 5.23. The van der Waals surface area contributed by atoms with Crippen LogP contribution in [0.3, 0.4) is 0 Å². The van der Waals surface area contributed by atoms with Crippen molar-refractivity contribution >= 4 is 17.2 Å². The maximum absolute atomic E-state index is 12.9. The largest absolute Gasteiger partial charge is 0.488 e. The minimum Gasteiger partial charge on any atom is -0.488 e. The van der Waals surface area contributed by atoms with Crippen molar-refractivity contribution in [2.24, 2.45) is 0 Å². The number of para-hydroxylation sites is 1. The molecule has 0 spiro atoms.